The Hall–Kier alpha value is -3.34. The molecule has 0 fully saturated rings. The topological polar surface area (TPSA) is 54.5 Å². The highest BCUT2D eigenvalue weighted by Gasteiger charge is 2.14. The summed E-state index contributed by atoms with van der Waals surface area (Å²) in [6.07, 6.45) is 1.64. The molecule has 1 N–H and O–H groups in total. The molecule has 3 aromatic rings. The minimum Gasteiger partial charge on any atom is -0.495 e. The lowest BCUT2D eigenvalue weighted by molar-refractivity contribution is 0.0988. The highest BCUT2D eigenvalue weighted by Crippen LogP contribution is 2.26. The molecule has 0 saturated heterocycles. The van der Waals surface area contributed by atoms with Crippen LogP contribution in [-0.4, -0.2) is 25.0 Å². The number of nitrogens with zero attached hydrogens (tertiary/aromatic N) is 2. The standard InChI is InChI=1S/C20H19N3O2/c1-23(16-8-4-3-5-9-16)20(24)18-13-12-15(14-21-18)22-17-10-6-7-11-19(17)25-2/h3-14,22H,1-2H3. The largest absolute Gasteiger partial charge is 0.495 e. The first-order chi connectivity index (χ1) is 12.2. The van der Waals surface area contributed by atoms with Gasteiger partial charge < -0.3 is 15.0 Å². The minimum absolute atomic E-state index is 0.157. The van der Waals surface area contributed by atoms with Crippen molar-refractivity contribution in [2.45, 2.75) is 0 Å². The lowest BCUT2D eigenvalue weighted by Crippen LogP contribution is -2.26. The number of methoxy groups -OCH3 is 1. The molecule has 0 atom stereocenters. The minimum atomic E-state index is -0.157. The maximum Gasteiger partial charge on any atom is 0.276 e. The number of ether oxygens (including phenoxy) is 1. The number of anilines is 3. The molecule has 1 aromatic heterocycles. The average Bonchev–Trinajstić information content (AvgIpc) is 2.68. The summed E-state index contributed by atoms with van der Waals surface area (Å²) in [4.78, 5) is 18.4. The van der Waals surface area contributed by atoms with Crippen LogP contribution in [-0.2, 0) is 0 Å². The molecule has 126 valence electrons. The monoisotopic (exact) mass is 333 g/mol. The summed E-state index contributed by atoms with van der Waals surface area (Å²) in [5, 5.41) is 3.24. The van der Waals surface area contributed by atoms with E-state index in [1.807, 2.05) is 60.7 Å². The number of carbonyl (C=O) groups is 1. The average molecular weight is 333 g/mol. The number of aromatic nitrogens is 1. The van der Waals surface area contributed by atoms with Crippen LogP contribution in [0.15, 0.2) is 72.9 Å². The molecule has 0 radical (unpaired) electrons. The van der Waals surface area contributed by atoms with Crippen molar-refractivity contribution in [2.75, 3.05) is 24.4 Å². The van der Waals surface area contributed by atoms with Crippen molar-refractivity contribution in [2.24, 2.45) is 0 Å². The summed E-state index contributed by atoms with van der Waals surface area (Å²) in [7, 11) is 3.36. The van der Waals surface area contributed by atoms with Crippen molar-refractivity contribution < 1.29 is 9.53 Å². The van der Waals surface area contributed by atoms with E-state index in [-0.39, 0.29) is 5.91 Å². The van der Waals surface area contributed by atoms with Gasteiger partial charge in [0.2, 0.25) is 0 Å². The van der Waals surface area contributed by atoms with E-state index in [4.69, 9.17) is 4.74 Å². The van der Waals surface area contributed by atoms with E-state index in [0.29, 0.717) is 5.69 Å². The molecule has 0 aliphatic heterocycles. The highest BCUT2D eigenvalue weighted by molar-refractivity contribution is 6.04. The van der Waals surface area contributed by atoms with Gasteiger partial charge in [0.1, 0.15) is 11.4 Å². The molecule has 0 saturated carbocycles. The first kappa shape index (κ1) is 16.5. The molecule has 0 spiro atoms. The van der Waals surface area contributed by atoms with Gasteiger partial charge >= 0.3 is 0 Å². The summed E-state index contributed by atoms with van der Waals surface area (Å²) >= 11 is 0. The SMILES string of the molecule is COc1ccccc1Nc1ccc(C(=O)N(C)c2ccccc2)nc1. The number of benzene rings is 2. The molecule has 0 aliphatic rings. The highest BCUT2D eigenvalue weighted by atomic mass is 16.5. The smallest absolute Gasteiger partial charge is 0.276 e. The van der Waals surface area contributed by atoms with E-state index < -0.39 is 0 Å². The first-order valence-electron chi connectivity index (χ1n) is 7.88. The lowest BCUT2D eigenvalue weighted by Gasteiger charge is -2.17. The van der Waals surface area contributed by atoms with Crippen LogP contribution in [0.3, 0.4) is 0 Å². The van der Waals surface area contributed by atoms with Gasteiger partial charge in [0.05, 0.1) is 24.7 Å². The zero-order valence-corrected chi connectivity index (χ0v) is 14.1. The zero-order chi connectivity index (χ0) is 17.6. The fraction of sp³-hybridized carbons (Fsp3) is 0.100. The Balaban J connectivity index is 1.75. The summed E-state index contributed by atoms with van der Waals surface area (Å²) in [5.41, 5.74) is 2.83. The Morgan fingerprint density at radius 3 is 2.40 bits per heavy atom. The second kappa shape index (κ2) is 7.49. The van der Waals surface area contributed by atoms with Crippen LogP contribution < -0.4 is 15.0 Å². The van der Waals surface area contributed by atoms with Crippen LogP contribution in [0.2, 0.25) is 0 Å². The Morgan fingerprint density at radius 2 is 1.72 bits per heavy atom. The quantitative estimate of drug-likeness (QED) is 0.763. The number of rotatable bonds is 5. The Kier molecular flexibility index (Phi) is 4.95. The summed E-state index contributed by atoms with van der Waals surface area (Å²) < 4.78 is 5.32. The summed E-state index contributed by atoms with van der Waals surface area (Å²) in [6.45, 7) is 0. The molecular formula is C20H19N3O2. The molecule has 25 heavy (non-hydrogen) atoms. The summed E-state index contributed by atoms with van der Waals surface area (Å²) in [6, 6.07) is 20.6. The van der Waals surface area contributed by atoms with E-state index in [9.17, 15) is 4.79 Å². The van der Waals surface area contributed by atoms with E-state index in [0.717, 1.165) is 22.8 Å². The van der Waals surface area contributed by atoms with Gasteiger partial charge in [0.15, 0.2) is 0 Å². The predicted molar refractivity (Wildman–Crippen MR) is 99.7 cm³/mol. The van der Waals surface area contributed by atoms with E-state index in [1.54, 1.807) is 31.3 Å². The van der Waals surface area contributed by atoms with Crippen LogP contribution >= 0.6 is 0 Å². The second-order valence-electron chi connectivity index (χ2n) is 5.46. The third-order valence-corrected chi connectivity index (χ3v) is 3.82. The Labute approximate surface area is 146 Å². The maximum absolute atomic E-state index is 12.5. The van der Waals surface area contributed by atoms with Gasteiger partial charge in [-0.25, -0.2) is 4.98 Å². The number of carbonyl (C=O) groups excluding carboxylic acids is 1. The van der Waals surface area contributed by atoms with Gasteiger partial charge in [-0.2, -0.15) is 0 Å². The molecule has 0 unspecified atom stereocenters. The first-order valence-corrected chi connectivity index (χ1v) is 7.88. The lowest BCUT2D eigenvalue weighted by atomic mass is 10.2. The van der Waals surface area contributed by atoms with Crippen LogP contribution in [0, 0.1) is 0 Å². The molecule has 0 bridgehead atoms. The van der Waals surface area contributed by atoms with Crippen molar-refractivity contribution in [1.29, 1.82) is 0 Å². The molecule has 2 aromatic carbocycles. The van der Waals surface area contributed by atoms with Gasteiger partial charge in [-0.05, 0) is 36.4 Å². The van der Waals surface area contributed by atoms with Crippen LogP contribution in [0.1, 0.15) is 10.5 Å². The van der Waals surface area contributed by atoms with Gasteiger partial charge in [-0.1, -0.05) is 30.3 Å². The number of nitrogens with one attached hydrogen (secondary N) is 1. The van der Waals surface area contributed by atoms with Crippen molar-refractivity contribution in [3.05, 3.63) is 78.6 Å². The molecule has 1 amide bonds. The van der Waals surface area contributed by atoms with E-state index >= 15 is 0 Å². The molecule has 0 aliphatic carbocycles. The van der Waals surface area contributed by atoms with Crippen molar-refractivity contribution in [3.63, 3.8) is 0 Å². The third kappa shape index (κ3) is 3.77. The van der Waals surface area contributed by atoms with Crippen molar-refractivity contribution in [1.82, 2.24) is 4.98 Å². The normalized spacial score (nSPS) is 10.2. The predicted octanol–water partition coefficient (Wildman–Crippen LogP) is 4.11. The maximum atomic E-state index is 12.5. The second-order valence-corrected chi connectivity index (χ2v) is 5.46. The molecule has 1 heterocycles. The zero-order valence-electron chi connectivity index (χ0n) is 14.1. The number of pyridine rings is 1. The van der Waals surface area contributed by atoms with E-state index in [1.165, 1.54) is 0 Å². The number of hydrogen-bond donors (Lipinski definition) is 1. The fourth-order valence-electron chi connectivity index (χ4n) is 2.44. The number of hydrogen-bond acceptors (Lipinski definition) is 4. The Bertz CT molecular complexity index is 848. The molecule has 5 nitrogen and oxygen atoms in total. The van der Waals surface area contributed by atoms with E-state index in [2.05, 4.69) is 10.3 Å². The number of para-hydroxylation sites is 3. The molecule has 3 rings (SSSR count). The molecular weight excluding hydrogens is 314 g/mol. The van der Waals surface area contributed by atoms with Gasteiger partial charge in [0, 0.05) is 12.7 Å². The van der Waals surface area contributed by atoms with Crippen LogP contribution in [0.4, 0.5) is 17.1 Å². The fourth-order valence-corrected chi connectivity index (χ4v) is 2.44. The van der Waals surface area contributed by atoms with Crippen molar-refractivity contribution >= 4 is 23.0 Å². The number of amides is 1. The summed E-state index contributed by atoms with van der Waals surface area (Å²) in [5.74, 6) is 0.585. The molecule has 5 heteroatoms. The van der Waals surface area contributed by atoms with Crippen molar-refractivity contribution in [3.8, 4) is 5.75 Å². The van der Waals surface area contributed by atoms with Crippen LogP contribution in [0.5, 0.6) is 5.75 Å². The van der Waals surface area contributed by atoms with Gasteiger partial charge in [0.25, 0.3) is 5.91 Å². The van der Waals surface area contributed by atoms with Gasteiger partial charge in [-0.3, -0.25) is 4.79 Å². The third-order valence-electron chi connectivity index (χ3n) is 3.82. The van der Waals surface area contributed by atoms with Crippen LogP contribution in [0.25, 0.3) is 0 Å². The van der Waals surface area contributed by atoms with Gasteiger partial charge in [-0.15, -0.1) is 0 Å². The Morgan fingerprint density at radius 1 is 1.00 bits per heavy atom.